The lowest BCUT2D eigenvalue weighted by Gasteiger charge is -2.34. The van der Waals surface area contributed by atoms with Crippen LogP contribution in [0.25, 0.3) is 89.2 Å². The van der Waals surface area contributed by atoms with Gasteiger partial charge in [-0.2, -0.15) is 0 Å². The van der Waals surface area contributed by atoms with E-state index < -0.39 is 5.41 Å². The Kier molecular flexibility index (Phi) is 6.78. The van der Waals surface area contributed by atoms with Gasteiger partial charge in [-0.05, 0) is 69.8 Å². The number of para-hydroxylation sites is 2. The molecule has 8 aromatic carbocycles. The maximum atomic E-state index is 6.31. The fraction of sp³-hybridized carbons (Fsp3) is 0.0192. The van der Waals surface area contributed by atoms with Crippen LogP contribution in [-0.4, -0.2) is 15.0 Å². The lowest BCUT2D eigenvalue weighted by Crippen LogP contribution is -2.28. The first kappa shape index (κ1) is 31.7. The van der Waals surface area contributed by atoms with Gasteiger partial charge in [0.25, 0.3) is 0 Å². The quantitative estimate of drug-likeness (QED) is 0.176. The smallest absolute Gasteiger partial charge is 0.164 e. The highest BCUT2D eigenvalue weighted by molar-refractivity contribution is 6.06. The summed E-state index contributed by atoms with van der Waals surface area (Å²) in [5.41, 5.74) is 12.8. The van der Waals surface area contributed by atoms with E-state index in [-0.39, 0.29) is 0 Å². The second kappa shape index (κ2) is 12.2. The molecule has 0 radical (unpaired) electrons. The van der Waals surface area contributed by atoms with Gasteiger partial charge in [0.1, 0.15) is 22.3 Å². The van der Waals surface area contributed by atoms with Crippen molar-refractivity contribution in [1.82, 2.24) is 15.0 Å². The third kappa shape index (κ3) is 4.72. The van der Waals surface area contributed by atoms with E-state index >= 15 is 0 Å². The zero-order valence-corrected chi connectivity index (χ0v) is 30.6. The van der Waals surface area contributed by atoms with Gasteiger partial charge in [-0.15, -0.1) is 0 Å². The van der Waals surface area contributed by atoms with Crippen LogP contribution >= 0.6 is 0 Å². The van der Waals surface area contributed by atoms with Gasteiger partial charge >= 0.3 is 0 Å². The van der Waals surface area contributed by atoms with Gasteiger partial charge in [0.05, 0.1) is 5.41 Å². The van der Waals surface area contributed by atoms with E-state index in [1.165, 1.54) is 27.8 Å². The van der Waals surface area contributed by atoms with Gasteiger partial charge in [0.2, 0.25) is 0 Å². The van der Waals surface area contributed by atoms with Gasteiger partial charge in [-0.3, -0.25) is 0 Å². The Morgan fingerprint density at radius 1 is 0.316 bits per heavy atom. The van der Waals surface area contributed by atoms with E-state index in [4.69, 9.17) is 23.8 Å². The van der Waals surface area contributed by atoms with Crippen LogP contribution in [0.15, 0.2) is 197 Å². The van der Waals surface area contributed by atoms with Crippen LogP contribution in [0.5, 0.6) is 0 Å². The molecule has 0 N–H and O–H groups in total. The number of nitrogens with zero attached hydrogens (tertiary/aromatic N) is 3. The average molecular weight is 730 g/mol. The number of hydrogen-bond donors (Lipinski definition) is 0. The molecule has 0 atom stereocenters. The minimum absolute atomic E-state index is 0.584. The highest BCUT2D eigenvalue weighted by Gasteiger charge is 2.46. The summed E-state index contributed by atoms with van der Waals surface area (Å²) >= 11 is 0. The van der Waals surface area contributed by atoms with Crippen molar-refractivity contribution in [3.8, 4) is 45.3 Å². The standard InChI is InChI=1S/C52H31N3O2/c1-2-12-32(13-3-1)49-53-50(55-51(54-49)34-24-28-41-39-16-6-10-20-45(39)57-48(41)30-34)33-22-25-35(26-23-33)52(43-18-8-4-14-37(43)38-15-5-9-19-44(38)52)36-27-29-47-42(31-36)40-17-7-11-21-46(40)56-47/h1-31H. The van der Waals surface area contributed by atoms with Gasteiger partial charge in [0.15, 0.2) is 17.5 Å². The summed E-state index contributed by atoms with van der Waals surface area (Å²) in [6.45, 7) is 0. The summed E-state index contributed by atoms with van der Waals surface area (Å²) in [6.07, 6.45) is 0. The first-order chi connectivity index (χ1) is 28.2. The molecule has 0 aliphatic heterocycles. The first-order valence-electron chi connectivity index (χ1n) is 19.2. The Morgan fingerprint density at radius 2 is 0.789 bits per heavy atom. The fourth-order valence-electron chi connectivity index (χ4n) is 9.07. The Labute approximate surface area is 327 Å². The summed E-state index contributed by atoms with van der Waals surface area (Å²) in [7, 11) is 0. The van der Waals surface area contributed by atoms with Crippen molar-refractivity contribution < 1.29 is 8.83 Å². The predicted molar refractivity (Wildman–Crippen MR) is 228 cm³/mol. The van der Waals surface area contributed by atoms with Crippen molar-refractivity contribution in [2.24, 2.45) is 0 Å². The van der Waals surface area contributed by atoms with Crippen molar-refractivity contribution >= 4 is 43.9 Å². The zero-order chi connectivity index (χ0) is 37.5. The number of fused-ring (bicyclic) bond motifs is 9. The topological polar surface area (TPSA) is 65.0 Å². The summed E-state index contributed by atoms with van der Waals surface area (Å²) in [6, 6.07) is 65.8. The molecule has 11 aromatic rings. The third-order valence-electron chi connectivity index (χ3n) is 11.6. The molecule has 0 fully saturated rings. The minimum Gasteiger partial charge on any atom is -0.456 e. The predicted octanol–water partition coefficient (Wildman–Crippen LogP) is 13.0. The van der Waals surface area contributed by atoms with E-state index in [9.17, 15) is 0 Å². The molecule has 0 saturated carbocycles. The summed E-state index contributed by atoms with van der Waals surface area (Å²) < 4.78 is 12.6. The third-order valence-corrected chi connectivity index (χ3v) is 11.6. The molecule has 5 nitrogen and oxygen atoms in total. The van der Waals surface area contributed by atoms with Crippen molar-refractivity contribution in [3.05, 3.63) is 210 Å². The summed E-state index contributed by atoms with van der Waals surface area (Å²) in [5, 5.41) is 4.36. The molecule has 0 unspecified atom stereocenters. The number of rotatable bonds is 5. The van der Waals surface area contributed by atoms with Gasteiger partial charge in [-0.1, -0.05) is 152 Å². The van der Waals surface area contributed by atoms with Crippen LogP contribution in [0.1, 0.15) is 22.3 Å². The number of benzene rings is 8. The number of furan rings is 2. The molecule has 5 heteroatoms. The maximum absolute atomic E-state index is 6.31. The molecular formula is C52H31N3O2. The largest absolute Gasteiger partial charge is 0.456 e. The fourth-order valence-corrected chi connectivity index (χ4v) is 9.07. The minimum atomic E-state index is -0.584. The first-order valence-corrected chi connectivity index (χ1v) is 19.2. The molecule has 57 heavy (non-hydrogen) atoms. The van der Waals surface area contributed by atoms with Crippen molar-refractivity contribution in [2.45, 2.75) is 5.41 Å². The van der Waals surface area contributed by atoms with Crippen LogP contribution in [0.4, 0.5) is 0 Å². The maximum Gasteiger partial charge on any atom is 0.164 e. The van der Waals surface area contributed by atoms with E-state index in [1.807, 2.05) is 66.7 Å². The second-order valence-corrected chi connectivity index (χ2v) is 14.7. The van der Waals surface area contributed by atoms with Gasteiger partial charge in [0, 0.05) is 38.2 Å². The Balaban J connectivity index is 1.05. The molecule has 0 saturated heterocycles. The lowest BCUT2D eigenvalue weighted by molar-refractivity contribution is 0.668. The number of aromatic nitrogens is 3. The van der Waals surface area contributed by atoms with Crippen LogP contribution < -0.4 is 0 Å². The lowest BCUT2D eigenvalue weighted by atomic mass is 9.67. The van der Waals surface area contributed by atoms with Crippen LogP contribution in [0.3, 0.4) is 0 Å². The molecule has 266 valence electrons. The highest BCUT2D eigenvalue weighted by Crippen LogP contribution is 2.56. The Hall–Kier alpha value is -7.63. The van der Waals surface area contributed by atoms with Crippen LogP contribution in [-0.2, 0) is 5.41 Å². The average Bonchev–Trinajstić information content (AvgIpc) is 3.94. The molecule has 1 aliphatic carbocycles. The SMILES string of the molecule is c1ccc(-c2nc(-c3ccc(C4(c5ccc6oc7ccccc7c6c5)c5ccccc5-c5ccccc54)cc3)nc(-c3ccc4c(c3)oc3ccccc34)n2)cc1. The van der Waals surface area contributed by atoms with E-state index in [1.54, 1.807) is 0 Å². The second-order valence-electron chi connectivity index (χ2n) is 14.7. The highest BCUT2D eigenvalue weighted by atomic mass is 16.3. The van der Waals surface area contributed by atoms with Gasteiger partial charge in [-0.25, -0.2) is 15.0 Å². The molecular weight excluding hydrogens is 699 g/mol. The molecule has 1 aliphatic rings. The van der Waals surface area contributed by atoms with Crippen LogP contribution in [0, 0.1) is 0 Å². The van der Waals surface area contributed by atoms with Crippen molar-refractivity contribution in [3.63, 3.8) is 0 Å². The summed E-state index contributed by atoms with van der Waals surface area (Å²) in [5.74, 6) is 1.80. The molecule has 12 rings (SSSR count). The Bertz CT molecular complexity index is 3320. The molecule has 3 aromatic heterocycles. The van der Waals surface area contributed by atoms with Crippen LogP contribution in [0.2, 0.25) is 0 Å². The zero-order valence-electron chi connectivity index (χ0n) is 30.6. The molecule has 3 heterocycles. The van der Waals surface area contributed by atoms with Crippen molar-refractivity contribution in [1.29, 1.82) is 0 Å². The normalized spacial score (nSPS) is 13.1. The van der Waals surface area contributed by atoms with E-state index in [2.05, 4.69) is 121 Å². The molecule has 0 amide bonds. The van der Waals surface area contributed by atoms with E-state index in [0.717, 1.165) is 66.1 Å². The van der Waals surface area contributed by atoms with Gasteiger partial charge < -0.3 is 8.83 Å². The summed E-state index contributed by atoms with van der Waals surface area (Å²) in [4.78, 5) is 15.2. The monoisotopic (exact) mass is 729 g/mol. The van der Waals surface area contributed by atoms with Crippen molar-refractivity contribution in [2.75, 3.05) is 0 Å². The molecule has 0 spiro atoms. The Morgan fingerprint density at radius 3 is 1.47 bits per heavy atom. The molecule has 0 bridgehead atoms. The van der Waals surface area contributed by atoms with E-state index in [0.29, 0.717) is 17.5 Å². The number of hydrogen-bond acceptors (Lipinski definition) is 5.